The lowest BCUT2D eigenvalue weighted by Gasteiger charge is -2.30. The molecule has 0 amide bonds. The van der Waals surface area contributed by atoms with Crippen molar-refractivity contribution in [1.82, 2.24) is 0 Å². The molecule has 1 nitrogen and oxygen atoms in total. The van der Waals surface area contributed by atoms with Gasteiger partial charge in [0.1, 0.15) is 0 Å². The Balaban J connectivity index is 1.92. The van der Waals surface area contributed by atoms with Crippen LogP contribution in [0, 0.1) is 5.92 Å². The van der Waals surface area contributed by atoms with Crippen molar-refractivity contribution in [2.75, 3.05) is 5.32 Å². The fraction of sp³-hybridized carbons (Fsp3) is 0.647. The number of hydrogen-bond donors (Lipinski definition) is 1. The summed E-state index contributed by atoms with van der Waals surface area (Å²) in [6.07, 6.45) is 6.84. The van der Waals surface area contributed by atoms with Gasteiger partial charge < -0.3 is 5.32 Å². The fourth-order valence-corrected chi connectivity index (χ4v) is 2.99. The number of anilines is 1. The van der Waals surface area contributed by atoms with E-state index >= 15 is 0 Å². The Labute approximate surface area is 112 Å². The quantitative estimate of drug-likeness (QED) is 0.769. The van der Waals surface area contributed by atoms with E-state index in [1.165, 1.54) is 43.4 Å². The summed E-state index contributed by atoms with van der Waals surface area (Å²) in [6, 6.07) is 9.68. The van der Waals surface area contributed by atoms with Gasteiger partial charge in [0.05, 0.1) is 0 Å². The van der Waals surface area contributed by atoms with Gasteiger partial charge in [0.15, 0.2) is 0 Å². The van der Waals surface area contributed by atoms with Crippen LogP contribution in [0.1, 0.15) is 64.4 Å². The zero-order chi connectivity index (χ0) is 13.0. The van der Waals surface area contributed by atoms with Crippen LogP contribution in [-0.4, -0.2) is 6.04 Å². The molecule has 1 N–H and O–H groups in total. The van der Waals surface area contributed by atoms with Crippen LogP contribution in [0.15, 0.2) is 24.3 Å². The number of benzene rings is 1. The average molecular weight is 245 g/mol. The molecule has 1 heteroatoms. The molecule has 0 saturated heterocycles. The van der Waals surface area contributed by atoms with E-state index in [0.29, 0.717) is 12.0 Å². The second kappa shape index (κ2) is 6.26. The summed E-state index contributed by atoms with van der Waals surface area (Å²) in [6.45, 7) is 6.81. The lowest BCUT2D eigenvalue weighted by atomic mass is 9.84. The van der Waals surface area contributed by atoms with Crippen LogP contribution >= 0.6 is 0 Å². The third kappa shape index (κ3) is 3.51. The largest absolute Gasteiger partial charge is 0.382 e. The molecule has 0 radical (unpaired) electrons. The van der Waals surface area contributed by atoms with Crippen molar-refractivity contribution in [3.63, 3.8) is 0 Å². The van der Waals surface area contributed by atoms with Crippen LogP contribution < -0.4 is 5.32 Å². The van der Waals surface area contributed by atoms with Crippen LogP contribution in [0.2, 0.25) is 0 Å². The van der Waals surface area contributed by atoms with Gasteiger partial charge in [0, 0.05) is 11.7 Å². The molecular formula is C17H27N. The van der Waals surface area contributed by atoms with Gasteiger partial charge in [0.2, 0.25) is 0 Å². The van der Waals surface area contributed by atoms with Gasteiger partial charge in [-0.2, -0.15) is 0 Å². The summed E-state index contributed by atoms with van der Waals surface area (Å²) in [7, 11) is 0. The molecule has 1 aliphatic rings. The monoisotopic (exact) mass is 245 g/mol. The Morgan fingerprint density at radius 3 is 2.50 bits per heavy atom. The maximum atomic E-state index is 3.71. The Morgan fingerprint density at radius 2 is 1.89 bits per heavy atom. The Hall–Kier alpha value is -0.980. The van der Waals surface area contributed by atoms with Crippen LogP contribution in [0.4, 0.5) is 5.69 Å². The summed E-state index contributed by atoms with van der Waals surface area (Å²) in [5.41, 5.74) is 2.72. The second-order valence-corrected chi connectivity index (χ2v) is 6.06. The van der Waals surface area contributed by atoms with Gasteiger partial charge in [-0.1, -0.05) is 52.2 Å². The maximum absolute atomic E-state index is 3.71. The van der Waals surface area contributed by atoms with Gasteiger partial charge >= 0.3 is 0 Å². The lowest BCUT2D eigenvalue weighted by molar-refractivity contribution is 0.327. The Morgan fingerprint density at radius 1 is 1.17 bits per heavy atom. The fourth-order valence-electron chi connectivity index (χ4n) is 2.99. The Bertz CT molecular complexity index is 352. The molecule has 1 saturated carbocycles. The summed E-state index contributed by atoms with van der Waals surface area (Å²) in [5, 5.41) is 3.71. The van der Waals surface area contributed by atoms with Crippen LogP contribution in [0.25, 0.3) is 0 Å². The number of hydrogen-bond acceptors (Lipinski definition) is 1. The van der Waals surface area contributed by atoms with Crippen molar-refractivity contribution in [2.45, 2.75) is 64.8 Å². The summed E-state index contributed by atoms with van der Waals surface area (Å²) in [5.74, 6) is 1.56. The molecule has 2 atom stereocenters. The van der Waals surface area contributed by atoms with Gasteiger partial charge in [-0.3, -0.25) is 0 Å². The van der Waals surface area contributed by atoms with E-state index in [0.717, 1.165) is 5.92 Å². The summed E-state index contributed by atoms with van der Waals surface area (Å²) in [4.78, 5) is 0. The molecule has 1 aromatic rings. The van der Waals surface area contributed by atoms with Gasteiger partial charge in [-0.15, -0.1) is 0 Å². The summed E-state index contributed by atoms with van der Waals surface area (Å²) < 4.78 is 0. The highest BCUT2D eigenvalue weighted by Crippen LogP contribution is 2.29. The smallest absolute Gasteiger partial charge is 0.0342 e. The van der Waals surface area contributed by atoms with E-state index in [-0.39, 0.29) is 0 Å². The normalized spacial score (nSPS) is 24.2. The van der Waals surface area contributed by atoms with Gasteiger partial charge in [0.25, 0.3) is 0 Å². The topological polar surface area (TPSA) is 12.0 Å². The molecule has 0 aliphatic heterocycles. The molecule has 18 heavy (non-hydrogen) atoms. The van der Waals surface area contributed by atoms with Crippen molar-refractivity contribution in [2.24, 2.45) is 5.92 Å². The Kier molecular flexibility index (Phi) is 4.68. The minimum absolute atomic E-state index is 0.623. The van der Waals surface area contributed by atoms with E-state index < -0.39 is 0 Å². The molecule has 0 aromatic heterocycles. The van der Waals surface area contributed by atoms with Crippen LogP contribution in [-0.2, 0) is 0 Å². The third-order valence-corrected chi connectivity index (χ3v) is 4.31. The predicted molar refractivity (Wildman–Crippen MR) is 80.2 cm³/mol. The molecule has 100 valence electrons. The zero-order valence-corrected chi connectivity index (χ0v) is 12.1. The van der Waals surface area contributed by atoms with Gasteiger partial charge in [-0.25, -0.2) is 0 Å². The molecule has 2 rings (SSSR count). The molecule has 0 spiro atoms. The molecule has 1 fully saturated rings. The average Bonchev–Trinajstić information content (AvgIpc) is 2.39. The highest BCUT2D eigenvalue weighted by Gasteiger charge is 2.20. The first kappa shape index (κ1) is 13.5. The summed E-state index contributed by atoms with van der Waals surface area (Å²) >= 11 is 0. The predicted octanol–water partition coefficient (Wildman–Crippen LogP) is 5.19. The first-order valence-electron chi connectivity index (χ1n) is 7.55. The molecular weight excluding hydrogens is 218 g/mol. The third-order valence-electron chi connectivity index (χ3n) is 4.31. The van der Waals surface area contributed by atoms with Crippen molar-refractivity contribution < 1.29 is 0 Å². The first-order chi connectivity index (χ1) is 8.69. The lowest BCUT2D eigenvalue weighted by Crippen LogP contribution is -2.27. The molecule has 0 heterocycles. The zero-order valence-electron chi connectivity index (χ0n) is 12.1. The number of rotatable bonds is 4. The highest BCUT2D eigenvalue weighted by atomic mass is 14.9. The van der Waals surface area contributed by atoms with Crippen molar-refractivity contribution >= 4 is 5.69 Å². The van der Waals surface area contributed by atoms with Crippen molar-refractivity contribution in [1.29, 1.82) is 0 Å². The minimum atomic E-state index is 0.623. The van der Waals surface area contributed by atoms with E-state index in [1.807, 2.05) is 0 Å². The minimum Gasteiger partial charge on any atom is -0.382 e. The SMILES string of the molecule is CCC1CCCC(Nc2ccc(C(C)C)cc2)C1. The van der Waals surface area contributed by atoms with Crippen LogP contribution in [0.3, 0.4) is 0 Å². The second-order valence-electron chi connectivity index (χ2n) is 6.06. The van der Waals surface area contributed by atoms with Gasteiger partial charge in [-0.05, 0) is 42.4 Å². The van der Waals surface area contributed by atoms with Crippen molar-refractivity contribution in [3.05, 3.63) is 29.8 Å². The molecule has 1 aromatic carbocycles. The standard InChI is InChI=1S/C17H27N/c1-4-14-6-5-7-17(12-14)18-16-10-8-15(9-11-16)13(2)3/h8-11,13-14,17-18H,4-7,12H2,1-3H3. The highest BCUT2D eigenvalue weighted by molar-refractivity contribution is 5.46. The van der Waals surface area contributed by atoms with Crippen molar-refractivity contribution in [3.8, 4) is 0 Å². The molecule has 2 unspecified atom stereocenters. The molecule has 1 aliphatic carbocycles. The first-order valence-corrected chi connectivity index (χ1v) is 7.55. The number of nitrogens with one attached hydrogen (secondary N) is 1. The van der Waals surface area contributed by atoms with Crippen LogP contribution in [0.5, 0.6) is 0 Å². The van der Waals surface area contributed by atoms with E-state index in [4.69, 9.17) is 0 Å². The van der Waals surface area contributed by atoms with E-state index in [9.17, 15) is 0 Å². The maximum Gasteiger partial charge on any atom is 0.0342 e. The molecule has 0 bridgehead atoms. The van der Waals surface area contributed by atoms with E-state index in [1.54, 1.807) is 0 Å². The van der Waals surface area contributed by atoms with E-state index in [2.05, 4.69) is 50.4 Å².